The Labute approximate surface area is 108 Å². The molecule has 18 heavy (non-hydrogen) atoms. The summed E-state index contributed by atoms with van der Waals surface area (Å²) in [6, 6.07) is 0. The molecule has 0 aromatic carbocycles. The molecular formula is C11H14N6S. The summed E-state index contributed by atoms with van der Waals surface area (Å²) in [7, 11) is 1.91. The molecule has 0 fully saturated rings. The maximum atomic E-state index is 5.97. The molecule has 0 aliphatic rings. The van der Waals surface area contributed by atoms with Crippen molar-refractivity contribution in [2.45, 2.75) is 19.9 Å². The van der Waals surface area contributed by atoms with Crippen molar-refractivity contribution in [3.05, 3.63) is 22.3 Å². The quantitative estimate of drug-likeness (QED) is 0.773. The second-order valence-electron chi connectivity index (χ2n) is 4.23. The van der Waals surface area contributed by atoms with Crippen LogP contribution in [0.1, 0.15) is 11.4 Å². The van der Waals surface area contributed by atoms with E-state index in [-0.39, 0.29) is 0 Å². The van der Waals surface area contributed by atoms with Gasteiger partial charge < -0.3 is 5.73 Å². The van der Waals surface area contributed by atoms with E-state index in [2.05, 4.69) is 20.4 Å². The molecule has 0 saturated heterocycles. The minimum Gasteiger partial charge on any atom is -0.369 e. The lowest BCUT2D eigenvalue weighted by molar-refractivity contribution is 0.674. The van der Waals surface area contributed by atoms with Crippen LogP contribution in [0.15, 0.2) is 10.9 Å². The van der Waals surface area contributed by atoms with E-state index >= 15 is 0 Å². The Hall–Kier alpha value is -1.89. The van der Waals surface area contributed by atoms with Crippen molar-refractivity contribution in [1.82, 2.24) is 24.3 Å². The van der Waals surface area contributed by atoms with Crippen LogP contribution in [0.2, 0.25) is 0 Å². The third-order valence-electron chi connectivity index (χ3n) is 2.99. The Morgan fingerprint density at radius 3 is 3.00 bits per heavy atom. The highest BCUT2D eigenvalue weighted by atomic mass is 32.1. The monoisotopic (exact) mass is 262 g/mol. The maximum absolute atomic E-state index is 5.97. The highest BCUT2D eigenvalue weighted by Crippen LogP contribution is 2.20. The Morgan fingerprint density at radius 1 is 1.44 bits per heavy atom. The number of thiazole rings is 1. The van der Waals surface area contributed by atoms with E-state index in [1.807, 2.05) is 28.7 Å². The van der Waals surface area contributed by atoms with Gasteiger partial charge in [-0.3, -0.25) is 9.25 Å². The van der Waals surface area contributed by atoms with Gasteiger partial charge >= 0.3 is 0 Å². The summed E-state index contributed by atoms with van der Waals surface area (Å²) < 4.78 is 3.82. The van der Waals surface area contributed by atoms with Gasteiger partial charge in [0.2, 0.25) is 5.95 Å². The van der Waals surface area contributed by atoms with Crippen molar-refractivity contribution in [3.63, 3.8) is 0 Å². The zero-order valence-corrected chi connectivity index (χ0v) is 11.1. The van der Waals surface area contributed by atoms with Gasteiger partial charge in [0, 0.05) is 25.4 Å². The van der Waals surface area contributed by atoms with Gasteiger partial charge in [0.25, 0.3) is 0 Å². The van der Waals surface area contributed by atoms with Gasteiger partial charge in [-0.1, -0.05) is 0 Å². The first-order valence-corrected chi connectivity index (χ1v) is 6.63. The standard InChI is InChI=1S/C11H14N6S/c1-7-9-10(16(2)15-7)17(11(12)14-9)4-3-8-5-18-6-13-8/h5-6H,3-4H2,1-2H3,(H2,12,14). The lowest BCUT2D eigenvalue weighted by Crippen LogP contribution is -2.08. The summed E-state index contributed by atoms with van der Waals surface area (Å²) in [4.78, 5) is 8.65. The molecule has 0 radical (unpaired) electrons. The number of hydrogen-bond acceptors (Lipinski definition) is 5. The highest BCUT2D eigenvalue weighted by molar-refractivity contribution is 7.07. The molecule has 0 unspecified atom stereocenters. The van der Waals surface area contributed by atoms with Gasteiger partial charge in [0.15, 0.2) is 5.65 Å². The first-order chi connectivity index (χ1) is 8.66. The van der Waals surface area contributed by atoms with Crippen molar-refractivity contribution >= 4 is 28.4 Å². The Bertz CT molecular complexity index is 678. The van der Waals surface area contributed by atoms with Crippen LogP contribution in [0.5, 0.6) is 0 Å². The molecule has 0 saturated carbocycles. The molecule has 0 amide bonds. The molecular weight excluding hydrogens is 248 g/mol. The number of nitrogens with two attached hydrogens (primary N) is 1. The first kappa shape index (κ1) is 11.2. The lowest BCUT2D eigenvalue weighted by Gasteiger charge is -2.05. The first-order valence-electron chi connectivity index (χ1n) is 5.69. The molecule has 3 rings (SSSR count). The molecule has 3 aromatic heterocycles. The summed E-state index contributed by atoms with van der Waals surface area (Å²) in [6.07, 6.45) is 0.851. The van der Waals surface area contributed by atoms with Crippen LogP contribution < -0.4 is 5.73 Å². The number of fused-ring (bicyclic) bond motifs is 1. The summed E-state index contributed by atoms with van der Waals surface area (Å²) in [6.45, 7) is 2.71. The average molecular weight is 262 g/mol. The highest BCUT2D eigenvalue weighted by Gasteiger charge is 2.15. The minimum atomic E-state index is 0.538. The van der Waals surface area contributed by atoms with Crippen molar-refractivity contribution in [2.24, 2.45) is 7.05 Å². The number of hydrogen-bond donors (Lipinski definition) is 1. The predicted octanol–water partition coefficient (Wildman–Crippen LogP) is 1.36. The Balaban J connectivity index is 1.98. The lowest BCUT2D eigenvalue weighted by atomic mass is 10.3. The predicted molar refractivity (Wildman–Crippen MR) is 71.5 cm³/mol. The molecule has 0 bridgehead atoms. The van der Waals surface area contributed by atoms with Crippen LogP contribution in [0.4, 0.5) is 5.95 Å². The molecule has 3 aromatic rings. The molecule has 0 aliphatic heterocycles. The second-order valence-corrected chi connectivity index (χ2v) is 4.95. The van der Waals surface area contributed by atoms with Crippen LogP contribution in [-0.4, -0.2) is 24.3 Å². The largest absolute Gasteiger partial charge is 0.369 e. The molecule has 0 spiro atoms. The molecule has 0 aliphatic carbocycles. The fraction of sp³-hybridized carbons (Fsp3) is 0.364. The van der Waals surface area contributed by atoms with Gasteiger partial charge in [0.1, 0.15) is 5.52 Å². The normalized spacial score (nSPS) is 11.4. The molecule has 7 heteroatoms. The zero-order valence-electron chi connectivity index (χ0n) is 10.3. The molecule has 6 nitrogen and oxygen atoms in total. The van der Waals surface area contributed by atoms with E-state index in [0.29, 0.717) is 5.95 Å². The van der Waals surface area contributed by atoms with E-state index in [9.17, 15) is 0 Å². The van der Waals surface area contributed by atoms with E-state index in [1.165, 1.54) is 0 Å². The summed E-state index contributed by atoms with van der Waals surface area (Å²) in [5.41, 5.74) is 11.7. The van der Waals surface area contributed by atoms with Crippen molar-refractivity contribution in [2.75, 3.05) is 5.73 Å². The van der Waals surface area contributed by atoms with Gasteiger partial charge in [-0.05, 0) is 6.92 Å². The molecule has 3 heterocycles. The van der Waals surface area contributed by atoms with Gasteiger partial charge in [-0.25, -0.2) is 9.97 Å². The average Bonchev–Trinajstić information content (AvgIpc) is 2.98. The van der Waals surface area contributed by atoms with Gasteiger partial charge in [0.05, 0.1) is 16.9 Å². The number of imidazole rings is 1. The smallest absolute Gasteiger partial charge is 0.202 e. The number of anilines is 1. The number of nitrogens with zero attached hydrogens (tertiary/aromatic N) is 5. The van der Waals surface area contributed by atoms with E-state index < -0.39 is 0 Å². The van der Waals surface area contributed by atoms with Gasteiger partial charge in [-0.2, -0.15) is 5.10 Å². The van der Waals surface area contributed by atoms with E-state index in [4.69, 9.17) is 5.73 Å². The maximum Gasteiger partial charge on any atom is 0.202 e. The molecule has 94 valence electrons. The van der Waals surface area contributed by atoms with Crippen LogP contribution in [0, 0.1) is 6.92 Å². The van der Waals surface area contributed by atoms with Crippen molar-refractivity contribution < 1.29 is 0 Å². The molecule has 2 N–H and O–H groups in total. The number of rotatable bonds is 3. The van der Waals surface area contributed by atoms with Crippen molar-refractivity contribution in [1.29, 1.82) is 0 Å². The minimum absolute atomic E-state index is 0.538. The van der Waals surface area contributed by atoms with Crippen LogP contribution in [0.25, 0.3) is 11.2 Å². The summed E-state index contributed by atoms with van der Waals surface area (Å²) in [5.74, 6) is 0.538. The third-order valence-corrected chi connectivity index (χ3v) is 3.63. The van der Waals surface area contributed by atoms with E-state index in [0.717, 1.165) is 35.5 Å². The zero-order chi connectivity index (χ0) is 12.7. The number of aryl methyl sites for hydroxylation is 4. The summed E-state index contributed by atoms with van der Waals surface area (Å²) in [5, 5.41) is 6.42. The van der Waals surface area contributed by atoms with Crippen LogP contribution in [-0.2, 0) is 20.0 Å². The molecule has 0 atom stereocenters. The number of aromatic nitrogens is 5. The fourth-order valence-corrected chi connectivity index (χ4v) is 2.75. The fourth-order valence-electron chi connectivity index (χ4n) is 2.16. The summed E-state index contributed by atoms with van der Waals surface area (Å²) >= 11 is 1.61. The van der Waals surface area contributed by atoms with Crippen molar-refractivity contribution in [3.8, 4) is 0 Å². The topological polar surface area (TPSA) is 74.6 Å². The van der Waals surface area contributed by atoms with Crippen LogP contribution >= 0.6 is 11.3 Å². The van der Waals surface area contributed by atoms with Crippen LogP contribution in [0.3, 0.4) is 0 Å². The van der Waals surface area contributed by atoms with E-state index in [1.54, 1.807) is 11.3 Å². The third kappa shape index (κ3) is 1.67. The second kappa shape index (κ2) is 4.09. The Kier molecular flexibility index (Phi) is 2.55. The number of nitrogen functional groups attached to an aromatic ring is 1. The Morgan fingerprint density at radius 2 is 2.28 bits per heavy atom. The SMILES string of the molecule is Cc1nn(C)c2c1nc(N)n2CCc1cscn1. The van der Waals surface area contributed by atoms with Gasteiger partial charge in [-0.15, -0.1) is 11.3 Å².